The van der Waals surface area contributed by atoms with E-state index in [1.165, 1.54) is 0 Å². The Morgan fingerprint density at radius 1 is 0.923 bits per heavy atom. The molecule has 0 fully saturated rings. The first-order valence-corrected chi connectivity index (χ1v) is 7.98. The number of carbonyl (C=O) groups excluding carboxylic acids is 4. The number of hydrogen-bond donors (Lipinski definition) is 7. The summed E-state index contributed by atoms with van der Waals surface area (Å²) >= 11 is 0. The van der Waals surface area contributed by atoms with Crippen molar-refractivity contribution in [3.05, 3.63) is 0 Å². The van der Waals surface area contributed by atoms with Gasteiger partial charge in [0.2, 0.25) is 23.6 Å². The second kappa shape index (κ2) is 12.6. The van der Waals surface area contributed by atoms with E-state index >= 15 is 0 Å². The molecule has 2 atom stereocenters. The smallest absolute Gasteiger partial charge is 0.322 e. The molecule has 4 amide bonds. The maximum Gasteiger partial charge on any atom is 0.322 e. The van der Waals surface area contributed by atoms with Gasteiger partial charge in [-0.25, -0.2) is 0 Å². The fourth-order valence-electron chi connectivity index (χ4n) is 1.98. The molecule has 0 aliphatic carbocycles. The van der Waals surface area contributed by atoms with Gasteiger partial charge in [0.05, 0.1) is 13.0 Å². The van der Waals surface area contributed by atoms with Crippen molar-refractivity contribution >= 4 is 29.6 Å². The van der Waals surface area contributed by atoms with E-state index in [0.717, 1.165) is 0 Å². The van der Waals surface area contributed by atoms with Crippen molar-refractivity contribution in [2.45, 2.75) is 37.8 Å². The number of amides is 4. The normalized spacial score (nSPS) is 12.5. The van der Waals surface area contributed by atoms with E-state index in [9.17, 15) is 24.0 Å². The van der Waals surface area contributed by atoms with E-state index in [4.69, 9.17) is 22.3 Å². The third kappa shape index (κ3) is 10.2. The molecule has 0 heterocycles. The van der Waals surface area contributed by atoms with Crippen LogP contribution in [0.4, 0.5) is 0 Å². The molecule has 10 N–H and O–H groups in total. The van der Waals surface area contributed by atoms with Crippen LogP contribution in [0.3, 0.4) is 0 Å². The van der Waals surface area contributed by atoms with E-state index in [-0.39, 0.29) is 6.42 Å². The van der Waals surface area contributed by atoms with E-state index in [2.05, 4.69) is 16.0 Å². The molecular weight excluding hydrogens is 348 g/mol. The average molecular weight is 374 g/mol. The molecule has 12 nitrogen and oxygen atoms in total. The van der Waals surface area contributed by atoms with Gasteiger partial charge in [-0.2, -0.15) is 0 Å². The minimum absolute atomic E-state index is 0.197. The van der Waals surface area contributed by atoms with Crippen molar-refractivity contribution in [1.82, 2.24) is 16.0 Å². The van der Waals surface area contributed by atoms with Crippen LogP contribution in [0.2, 0.25) is 0 Å². The van der Waals surface area contributed by atoms with Crippen LogP contribution in [0.1, 0.15) is 25.7 Å². The molecule has 0 rings (SSSR count). The predicted molar refractivity (Wildman–Crippen MR) is 90.3 cm³/mol. The molecule has 0 aliphatic rings. The molecule has 0 aromatic heterocycles. The molecule has 0 spiro atoms. The van der Waals surface area contributed by atoms with E-state index in [1.54, 1.807) is 0 Å². The number of carbonyl (C=O) groups is 5. The van der Waals surface area contributed by atoms with Crippen molar-refractivity contribution in [1.29, 1.82) is 0 Å². The monoisotopic (exact) mass is 374 g/mol. The van der Waals surface area contributed by atoms with E-state index in [1.807, 2.05) is 0 Å². The summed E-state index contributed by atoms with van der Waals surface area (Å²) in [5.41, 5.74) is 15.6. The predicted octanol–water partition coefficient (Wildman–Crippen LogP) is -3.88. The molecule has 0 aromatic rings. The molecule has 148 valence electrons. The Labute approximate surface area is 150 Å². The highest BCUT2D eigenvalue weighted by Gasteiger charge is 2.27. The summed E-state index contributed by atoms with van der Waals surface area (Å²) in [5, 5.41) is 15.4. The Balaban J connectivity index is 5.05. The van der Waals surface area contributed by atoms with Crippen LogP contribution in [-0.4, -0.2) is 66.4 Å². The number of aliphatic carboxylic acids is 1. The number of rotatable bonds is 13. The lowest BCUT2D eigenvalue weighted by atomic mass is 10.1. The summed E-state index contributed by atoms with van der Waals surface area (Å²) in [6.07, 6.45) is 0.803. The van der Waals surface area contributed by atoms with Gasteiger partial charge >= 0.3 is 5.97 Å². The molecule has 0 saturated carbocycles. The zero-order chi connectivity index (χ0) is 20.1. The first-order valence-electron chi connectivity index (χ1n) is 7.98. The lowest BCUT2D eigenvalue weighted by Crippen LogP contribution is -2.55. The van der Waals surface area contributed by atoms with Crippen molar-refractivity contribution in [3.63, 3.8) is 0 Å². The van der Waals surface area contributed by atoms with Gasteiger partial charge in [0, 0.05) is 0 Å². The number of nitrogens with one attached hydrogen (secondary N) is 3. The Hall–Kier alpha value is -2.73. The molecule has 26 heavy (non-hydrogen) atoms. The molecular formula is C14H26N6O6. The molecule has 12 heteroatoms. The number of hydrogen-bond acceptors (Lipinski definition) is 7. The average Bonchev–Trinajstić information content (AvgIpc) is 2.57. The first kappa shape index (κ1) is 23.3. The van der Waals surface area contributed by atoms with Crippen molar-refractivity contribution in [2.24, 2.45) is 17.2 Å². The number of carboxylic acid groups (broad SMARTS) is 1. The van der Waals surface area contributed by atoms with Gasteiger partial charge < -0.3 is 38.3 Å². The SMILES string of the molecule is NCCCCC(NC(=O)C(CC(N)=O)NC(=O)CN)C(=O)NCC(=O)O. The highest BCUT2D eigenvalue weighted by atomic mass is 16.4. The summed E-state index contributed by atoms with van der Waals surface area (Å²) in [5.74, 6) is -4.28. The number of unbranched alkanes of at least 4 members (excludes halogenated alkanes) is 1. The fraction of sp³-hybridized carbons (Fsp3) is 0.643. The largest absolute Gasteiger partial charge is 0.480 e. The van der Waals surface area contributed by atoms with Gasteiger partial charge in [0.25, 0.3) is 0 Å². The van der Waals surface area contributed by atoms with Crippen molar-refractivity contribution in [2.75, 3.05) is 19.6 Å². The second-order valence-electron chi connectivity index (χ2n) is 5.45. The third-order valence-corrected chi connectivity index (χ3v) is 3.24. The lowest BCUT2D eigenvalue weighted by molar-refractivity contribution is -0.138. The van der Waals surface area contributed by atoms with Crippen LogP contribution in [-0.2, 0) is 24.0 Å². The minimum atomic E-state index is -1.30. The highest BCUT2D eigenvalue weighted by molar-refractivity contribution is 5.95. The summed E-state index contributed by atoms with van der Waals surface area (Å²) in [6.45, 7) is -0.632. The number of primary amides is 1. The summed E-state index contributed by atoms with van der Waals surface area (Å²) in [6, 6.07) is -2.36. The Morgan fingerprint density at radius 2 is 1.58 bits per heavy atom. The number of carboxylic acids is 1. The minimum Gasteiger partial charge on any atom is -0.480 e. The lowest BCUT2D eigenvalue weighted by Gasteiger charge is -2.22. The van der Waals surface area contributed by atoms with Crippen LogP contribution in [0, 0.1) is 0 Å². The van der Waals surface area contributed by atoms with Gasteiger partial charge in [0.1, 0.15) is 18.6 Å². The Kier molecular flexibility index (Phi) is 11.3. The molecule has 0 saturated heterocycles. The maximum atomic E-state index is 12.3. The fourth-order valence-corrected chi connectivity index (χ4v) is 1.98. The quantitative estimate of drug-likeness (QED) is 0.158. The van der Waals surface area contributed by atoms with Gasteiger partial charge in [0.15, 0.2) is 0 Å². The molecule has 0 aliphatic heterocycles. The van der Waals surface area contributed by atoms with Crippen LogP contribution < -0.4 is 33.2 Å². The summed E-state index contributed by atoms with van der Waals surface area (Å²) < 4.78 is 0. The standard InChI is InChI=1S/C14H26N6O6/c15-4-2-1-3-8(13(25)18-7-12(23)24)20-14(26)9(5-10(17)21)19-11(22)6-16/h8-9H,1-7,15-16H2,(H2,17,21)(H,18,25)(H,19,22)(H,20,26)(H,23,24). The van der Waals surface area contributed by atoms with Gasteiger partial charge in [-0.05, 0) is 25.8 Å². The van der Waals surface area contributed by atoms with E-state index in [0.29, 0.717) is 19.4 Å². The Morgan fingerprint density at radius 3 is 2.08 bits per heavy atom. The molecule has 2 unspecified atom stereocenters. The number of nitrogens with two attached hydrogens (primary N) is 3. The van der Waals surface area contributed by atoms with Gasteiger partial charge in [-0.3, -0.25) is 24.0 Å². The zero-order valence-corrected chi connectivity index (χ0v) is 14.3. The summed E-state index contributed by atoms with van der Waals surface area (Å²) in [4.78, 5) is 57.4. The highest BCUT2D eigenvalue weighted by Crippen LogP contribution is 2.03. The third-order valence-electron chi connectivity index (χ3n) is 3.24. The van der Waals surface area contributed by atoms with Crippen molar-refractivity contribution in [3.8, 4) is 0 Å². The maximum absolute atomic E-state index is 12.3. The molecule has 0 radical (unpaired) electrons. The van der Waals surface area contributed by atoms with Crippen LogP contribution in [0.25, 0.3) is 0 Å². The van der Waals surface area contributed by atoms with Crippen LogP contribution in [0.15, 0.2) is 0 Å². The van der Waals surface area contributed by atoms with Gasteiger partial charge in [-0.1, -0.05) is 0 Å². The van der Waals surface area contributed by atoms with Crippen molar-refractivity contribution < 1.29 is 29.1 Å². The molecule has 0 aromatic carbocycles. The Bertz CT molecular complexity index is 526. The first-order chi connectivity index (χ1) is 12.2. The molecule has 0 bridgehead atoms. The second-order valence-corrected chi connectivity index (χ2v) is 5.45. The van der Waals surface area contributed by atoms with E-state index < -0.39 is 61.2 Å². The van der Waals surface area contributed by atoms with Crippen LogP contribution >= 0.6 is 0 Å². The van der Waals surface area contributed by atoms with Gasteiger partial charge in [-0.15, -0.1) is 0 Å². The summed E-state index contributed by atoms with van der Waals surface area (Å²) in [7, 11) is 0. The van der Waals surface area contributed by atoms with Crippen LogP contribution in [0.5, 0.6) is 0 Å². The topological polar surface area (TPSA) is 220 Å². The zero-order valence-electron chi connectivity index (χ0n) is 14.3.